The van der Waals surface area contributed by atoms with E-state index in [0.717, 1.165) is 31.4 Å². The second kappa shape index (κ2) is 11.3. The van der Waals surface area contributed by atoms with Crippen LogP contribution >= 0.6 is 0 Å². The maximum absolute atomic E-state index is 16.3. The first-order chi connectivity index (χ1) is 18.1. The van der Waals surface area contributed by atoms with Crippen LogP contribution in [0.4, 0.5) is 14.5 Å². The summed E-state index contributed by atoms with van der Waals surface area (Å²) < 4.78 is 46.5. The van der Waals surface area contributed by atoms with Crippen molar-refractivity contribution in [1.29, 1.82) is 0 Å². The van der Waals surface area contributed by atoms with E-state index in [9.17, 15) is 24.8 Å². The van der Waals surface area contributed by atoms with Crippen molar-refractivity contribution in [2.24, 2.45) is 10.7 Å². The highest BCUT2D eigenvalue weighted by molar-refractivity contribution is 6.02. The summed E-state index contributed by atoms with van der Waals surface area (Å²) in [6, 6.07) is 4.12. The van der Waals surface area contributed by atoms with Gasteiger partial charge < -0.3 is 40.4 Å². The van der Waals surface area contributed by atoms with Crippen LogP contribution < -0.4 is 20.5 Å². The van der Waals surface area contributed by atoms with Crippen molar-refractivity contribution in [3.8, 4) is 28.6 Å². The summed E-state index contributed by atoms with van der Waals surface area (Å²) in [7, 11) is 1.27. The molecule has 0 bridgehead atoms. The lowest BCUT2D eigenvalue weighted by Crippen LogP contribution is -2.35. The van der Waals surface area contributed by atoms with Crippen LogP contribution in [-0.4, -0.2) is 58.0 Å². The molecule has 0 aliphatic carbocycles. The zero-order chi connectivity index (χ0) is 27.4. The Morgan fingerprint density at radius 1 is 1.16 bits per heavy atom. The maximum atomic E-state index is 16.3. The lowest BCUT2D eigenvalue weighted by molar-refractivity contribution is -0.419. The van der Waals surface area contributed by atoms with Crippen molar-refractivity contribution in [3.05, 3.63) is 41.5 Å². The van der Waals surface area contributed by atoms with Gasteiger partial charge in [-0.2, -0.15) is 4.99 Å². The monoisotopic (exact) mass is 534 g/mol. The normalized spacial score (nSPS) is 15.4. The van der Waals surface area contributed by atoms with E-state index in [1.54, 1.807) is 0 Å². The second-order valence-electron chi connectivity index (χ2n) is 8.66. The Balaban J connectivity index is 2.05. The van der Waals surface area contributed by atoms with Gasteiger partial charge in [0.1, 0.15) is 23.9 Å². The summed E-state index contributed by atoms with van der Waals surface area (Å²) in [5.41, 5.74) is 5.24. The van der Waals surface area contributed by atoms with Crippen LogP contribution in [0, 0.1) is 11.6 Å². The summed E-state index contributed by atoms with van der Waals surface area (Å²) >= 11 is 0. The molecule has 0 atom stereocenters. The molecule has 0 saturated carbocycles. The number of aliphatic hydroxyl groups is 3. The van der Waals surface area contributed by atoms with Gasteiger partial charge in [-0.3, -0.25) is 5.32 Å². The van der Waals surface area contributed by atoms with E-state index in [0.29, 0.717) is 24.9 Å². The highest BCUT2D eigenvalue weighted by atomic mass is 19.1. The smallest absolute Gasteiger partial charge is 0.453 e. The molecule has 0 amide bonds. The first kappa shape index (κ1) is 27.3. The van der Waals surface area contributed by atoms with E-state index in [2.05, 4.69) is 20.0 Å². The molecule has 4 rings (SSSR count). The van der Waals surface area contributed by atoms with Crippen LogP contribution in [0.25, 0.3) is 22.0 Å². The number of phenolic OH excluding ortho intramolecular Hbond substituents is 1. The summed E-state index contributed by atoms with van der Waals surface area (Å²) in [5, 5.41) is 41.6. The quantitative estimate of drug-likeness (QED) is 0.166. The predicted octanol–water partition coefficient (Wildman–Crippen LogP) is 2.49. The fourth-order valence-electron chi connectivity index (χ4n) is 4.27. The number of benzene rings is 2. The Morgan fingerprint density at radius 2 is 1.92 bits per heavy atom. The molecular weight excluding hydrogens is 506 g/mol. The average molecular weight is 535 g/mol. The molecule has 0 unspecified atom stereocenters. The van der Waals surface area contributed by atoms with Crippen LogP contribution in [0.2, 0.25) is 0 Å². The number of aliphatic imine (C=N–C) groups is 1. The third kappa shape index (κ3) is 6.02. The van der Waals surface area contributed by atoms with Gasteiger partial charge in [-0.25, -0.2) is 13.8 Å². The van der Waals surface area contributed by atoms with Gasteiger partial charge in [-0.1, -0.05) is 18.9 Å². The lowest BCUT2D eigenvalue weighted by Gasteiger charge is -2.20. The topological polar surface area (TPSA) is 172 Å². The van der Waals surface area contributed by atoms with Crippen LogP contribution in [0.1, 0.15) is 31.2 Å². The molecule has 0 fully saturated rings. The number of hydrogen-bond acceptors (Lipinski definition) is 10. The molecule has 2 heterocycles. The zero-order valence-electron chi connectivity index (χ0n) is 20.5. The van der Waals surface area contributed by atoms with Crippen molar-refractivity contribution in [3.63, 3.8) is 0 Å². The number of aromatic hydroxyl groups is 1. The van der Waals surface area contributed by atoms with E-state index < -0.39 is 29.2 Å². The molecule has 3 aromatic rings. The van der Waals surface area contributed by atoms with Crippen molar-refractivity contribution >= 4 is 22.5 Å². The predicted molar refractivity (Wildman–Crippen MR) is 133 cm³/mol. The minimum Gasteiger partial charge on any atom is -0.508 e. The third-order valence-electron chi connectivity index (χ3n) is 5.95. The summed E-state index contributed by atoms with van der Waals surface area (Å²) in [5.74, 6) is -3.24. The number of ether oxygens (including phenoxy) is 3. The van der Waals surface area contributed by atoms with Gasteiger partial charge in [0.25, 0.3) is 6.02 Å². The summed E-state index contributed by atoms with van der Waals surface area (Å²) in [6.45, 7) is 0.757. The lowest BCUT2D eigenvalue weighted by atomic mass is 9.97. The minimum atomic E-state index is -3.76. The van der Waals surface area contributed by atoms with Crippen LogP contribution in [0.3, 0.4) is 0 Å². The number of nitrogens with one attached hydrogen (secondary N) is 1. The van der Waals surface area contributed by atoms with E-state index in [4.69, 9.17) is 15.2 Å². The SMILES string of the molecule is COC(N)=Nc1c(F)c(-c2cc(O)cc3ccc(F)c(OC(O)(O)O)c23)nc2c1CCCCCCNCO2. The zero-order valence-corrected chi connectivity index (χ0v) is 20.5. The largest absolute Gasteiger partial charge is 0.508 e. The van der Waals surface area contributed by atoms with Crippen LogP contribution in [0.15, 0.2) is 29.3 Å². The number of hydrogen-bond donors (Lipinski definition) is 6. The van der Waals surface area contributed by atoms with E-state index in [1.807, 2.05) is 0 Å². The Hall–Kier alpha value is -3.78. The average Bonchev–Trinajstić information content (AvgIpc) is 2.91. The Morgan fingerprint density at radius 3 is 2.66 bits per heavy atom. The maximum Gasteiger partial charge on any atom is 0.453 e. The van der Waals surface area contributed by atoms with Gasteiger partial charge in [0.15, 0.2) is 17.4 Å². The second-order valence-corrected chi connectivity index (χ2v) is 8.66. The molecule has 0 spiro atoms. The van der Waals surface area contributed by atoms with E-state index in [1.165, 1.54) is 19.2 Å². The molecule has 204 valence electrons. The number of rotatable bonds is 4. The molecule has 0 radical (unpaired) electrons. The number of fused-ring (bicyclic) bond motifs is 2. The summed E-state index contributed by atoms with van der Waals surface area (Å²) in [4.78, 5) is 8.47. The van der Waals surface area contributed by atoms with Crippen LogP contribution in [0.5, 0.6) is 17.4 Å². The van der Waals surface area contributed by atoms with Gasteiger partial charge in [0.2, 0.25) is 5.88 Å². The number of aromatic nitrogens is 1. The molecule has 0 saturated heterocycles. The molecule has 38 heavy (non-hydrogen) atoms. The molecular formula is C25H28F2N4O7. The third-order valence-corrected chi connectivity index (χ3v) is 5.95. The molecule has 11 nitrogen and oxygen atoms in total. The molecule has 1 aliphatic rings. The number of pyridine rings is 1. The van der Waals surface area contributed by atoms with Crippen molar-refractivity contribution in [2.75, 3.05) is 20.4 Å². The number of nitrogens with two attached hydrogens (primary N) is 1. The molecule has 7 N–H and O–H groups in total. The Kier molecular flexibility index (Phi) is 8.11. The Labute approximate surface area is 216 Å². The van der Waals surface area contributed by atoms with Crippen molar-refractivity contribution in [2.45, 2.75) is 38.3 Å². The van der Waals surface area contributed by atoms with Gasteiger partial charge in [0, 0.05) is 16.5 Å². The number of halogens is 2. The fraction of sp³-hybridized carbons (Fsp3) is 0.360. The Bertz CT molecular complexity index is 1360. The van der Waals surface area contributed by atoms with E-state index in [-0.39, 0.29) is 46.4 Å². The molecule has 1 aromatic heterocycles. The first-order valence-electron chi connectivity index (χ1n) is 11.8. The number of amidine groups is 1. The summed E-state index contributed by atoms with van der Waals surface area (Å²) in [6.07, 6.45) is 0.0582. The minimum absolute atomic E-state index is 0.0228. The van der Waals surface area contributed by atoms with Gasteiger partial charge in [-0.05, 0) is 49.4 Å². The molecule has 2 aromatic carbocycles. The molecule has 13 heteroatoms. The highest BCUT2D eigenvalue weighted by Gasteiger charge is 2.29. The number of nitrogens with zero attached hydrogens (tertiary/aromatic N) is 2. The molecule has 1 aliphatic heterocycles. The highest BCUT2D eigenvalue weighted by Crippen LogP contribution is 2.44. The van der Waals surface area contributed by atoms with Crippen LogP contribution in [-0.2, 0) is 11.2 Å². The van der Waals surface area contributed by atoms with E-state index >= 15 is 4.39 Å². The van der Waals surface area contributed by atoms with Gasteiger partial charge in [-0.15, -0.1) is 0 Å². The van der Waals surface area contributed by atoms with Gasteiger partial charge >= 0.3 is 6.16 Å². The van der Waals surface area contributed by atoms with Crippen molar-refractivity contribution in [1.82, 2.24) is 10.3 Å². The van der Waals surface area contributed by atoms with Gasteiger partial charge in [0.05, 0.1) is 7.11 Å². The van der Waals surface area contributed by atoms with Crippen molar-refractivity contribution < 1.29 is 43.4 Å². The first-order valence-corrected chi connectivity index (χ1v) is 11.8. The fourth-order valence-corrected chi connectivity index (χ4v) is 4.27. The standard InChI is InChI=1S/C25H28F2N4O7/c1-36-24(28)31-20-15-6-4-2-3-5-9-29-12-37-23(15)30-21(19(20)27)16-11-14(32)10-13-7-8-17(26)22(18(13)16)38-25(33,34)35/h7-8,10-11,29,32-35H,2-6,9,12H2,1H3,(H2,28,30,31). The number of phenols is 1. The number of methoxy groups -OCH3 is 1.